The van der Waals surface area contributed by atoms with E-state index >= 15 is 0 Å². The number of hydrogen-bond donors (Lipinski definition) is 1. The van der Waals surface area contributed by atoms with Gasteiger partial charge in [0.25, 0.3) is 0 Å². The van der Waals surface area contributed by atoms with Crippen LogP contribution in [0.25, 0.3) is 0 Å². The summed E-state index contributed by atoms with van der Waals surface area (Å²) < 4.78 is 6.11. The third kappa shape index (κ3) is 7.84. The van der Waals surface area contributed by atoms with Gasteiger partial charge in [-0.2, -0.15) is 5.26 Å². The smallest absolute Gasteiger partial charge is 0.139 e. The second kappa shape index (κ2) is 13.5. The van der Waals surface area contributed by atoms with Crippen LogP contribution in [0.15, 0.2) is 18.2 Å². The minimum absolute atomic E-state index is 0.436. The van der Waals surface area contributed by atoms with Crippen LogP contribution in [-0.4, -0.2) is 30.1 Å². The SMILES string of the molecule is CCCCCCCCCC(CC(C)C)N1CCC[C@@H]1COc1cccc(N)c1C#N. The summed E-state index contributed by atoms with van der Waals surface area (Å²) in [6, 6.07) is 8.75. The maximum Gasteiger partial charge on any atom is 0.139 e. The summed E-state index contributed by atoms with van der Waals surface area (Å²) in [6.45, 7) is 8.77. The van der Waals surface area contributed by atoms with Gasteiger partial charge in [0.2, 0.25) is 0 Å². The van der Waals surface area contributed by atoms with Gasteiger partial charge in [0.05, 0.1) is 5.69 Å². The fourth-order valence-corrected chi connectivity index (χ4v) is 4.79. The first-order valence-electron chi connectivity index (χ1n) is 12.2. The number of ether oxygens (including phenoxy) is 1. The van der Waals surface area contributed by atoms with Gasteiger partial charge in [0.15, 0.2) is 0 Å². The van der Waals surface area contributed by atoms with Crippen LogP contribution in [-0.2, 0) is 0 Å². The average Bonchev–Trinajstić information content (AvgIpc) is 3.19. The molecule has 0 saturated carbocycles. The maximum atomic E-state index is 9.40. The van der Waals surface area contributed by atoms with Crippen molar-refractivity contribution >= 4 is 5.69 Å². The molecule has 2 N–H and O–H groups in total. The van der Waals surface area contributed by atoms with E-state index in [1.54, 1.807) is 6.07 Å². The molecule has 1 saturated heterocycles. The quantitative estimate of drug-likeness (QED) is 0.278. The Labute approximate surface area is 184 Å². The Bertz CT molecular complexity index is 652. The molecule has 0 aromatic heterocycles. The van der Waals surface area contributed by atoms with Gasteiger partial charge in [0.1, 0.15) is 24.0 Å². The van der Waals surface area contributed by atoms with E-state index in [9.17, 15) is 5.26 Å². The Hall–Kier alpha value is -1.73. The standard InChI is InChI=1S/C26H43N3O/c1-4-5-6-7-8-9-10-13-22(18-21(2)3)29-17-12-14-23(29)20-30-26-16-11-15-25(28)24(26)19-27/h11,15-16,21-23H,4-10,12-14,17-18,20,28H2,1-3H3/t22?,23-/m1/s1. The Morgan fingerprint density at radius 2 is 1.90 bits per heavy atom. The highest BCUT2D eigenvalue weighted by Gasteiger charge is 2.31. The molecule has 0 bridgehead atoms. The first kappa shape index (κ1) is 24.5. The molecular weight excluding hydrogens is 370 g/mol. The molecule has 1 aliphatic rings. The molecule has 168 valence electrons. The van der Waals surface area contributed by atoms with E-state index in [-0.39, 0.29) is 0 Å². The lowest BCUT2D eigenvalue weighted by molar-refractivity contribution is 0.109. The number of hydrogen-bond acceptors (Lipinski definition) is 4. The second-order valence-electron chi connectivity index (χ2n) is 9.37. The number of benzene rings is 1. The van der Waals surface area contributed by atoms with Gasteiger partial charge < -0.3 is 10.5 Å². The van der Waals surface area contributed by atoms with Gasteiger partial charge in [-0.3, -0.25) is 4.90 Å². The van der Waals surface area contributed by atoms with E-state index in [0.717, 1.165) is 0 Å². The summed E-state index contributed by atoms with van der Waals surface area (Å²) in [5.41, 5.74) is 6.90. The second-order valence-corrected chi connectivity index (χ2v) is 9.37. The van der Waals surface area contributed by atoms with Crippen molar-refractivity contribution < 1.29 is 4.74 Å². The van der Waals surface area contributed by atoms with Crippen molar-refractivity contribution in [3.8, 4) is 11.8 Å². The van der Waals surface area contributed by atoms with Crippen LogP contribution in [0.3, 0.4) is 0 Å². The zero-order valence-electron chi connectivity index (χ0n) is 19.5. The molecule has 1 aromatic carbocycles. The number of likely N-dealkylation sites (tertiary alicyclic amines) is 1. The number of nitrogens with two attached hydrogens (primary N) is 1. The lowest BCUT2D eigenvalue weighted by Crippen LogP contribution is -2.42. The first-order chi connectivity index (χ1) is 14.6. The lowest BCUT2D eigenvalue weighted by atomic mass is 9.96. The molecule has 4 nitrogen and oxygen atoms in total. The van der Waals surface area contributed by atoms with Gasteiger partial charge in [-0.15, -0.1) is 0 Å². The fourth-order valence-electron chi connectivity index (χ4n) is 4.79. The van der Waals surface area contributed by atoms with E-state index in [1.165, 1.54) is 77.2 Å². The summed E-state index contributed by atoms with van der Waals surface area (Å²) in [5, 5.41) is 9.40. The van der Waals surface area contributed by atoms with Gasteiger partial charge in [-0.1, -0.05) is 71.8 Å². The third-order valence-corrected chi connectivity index (χ3v) is 6.38. The molecule has 1 aliphatic heterocycles. The highest BCUT2D eigenvalue weighted by Crippen LogP contribution is 2.29. The molecule has 0 aliphatic carbocycles. The molecule has 2 atom stereocenters. The monoisotopic (exact) mass is 413 g/mol. The Morgan fingerprint density at radius 3 is 2.60 bits per heavy atom. The van der Waals surface area contributed by atoms with Crippen molar-refractivity contribution in [3.63, 3.8) is 0 Å². The molecule has 0 radical (unpaired) electrons. The highest BCUT2D eigenvalue weighted by molar-refractivity contribution is 5.60. The number of unbranched alkanes of at least 4 members (excludes halogenated alkanes) is 6. The molecule has 1 fully saturated rings. The molecule has 30 heavy (non-hydrogen) atoms. The van der Waals surface area contributed by atoms with E-state index in [0.29, 0.717) is 41.6 Å². The van der Waals surface area contributed by atoms with Crippen molar-refractivity contribution in [2.75, 3.05) is 18.9 Å². The van der Waals surface area contributed by atoms with E-state index in [1.807, 2.05) is 12.1 Å². The number of anilines is 1. The summed E-state index contributed by atoms with van der Waals surface area (Å²) in [6.07, 6.45) is 14.5. The lowest BCUT2D eigenvalue weighted by Gasteiger charge is -2.34. The molecule has 1 heterocycles. The van der Waals surface area contributed by atoms with Gasteiger partial charge in [-0.25, -0.2) is 0 Å². The van der Waals surface area contributed by atoms with Crippen LogP contribution in [0.4, 0.5) is 5.69 Å². The number of nitriles is 1. The van der Waals surface area contributed by atoms with Crippen LogP contribution < -0.4 is 10.5 Å². The van der Waals surface area contributed by atoms with Gasteiger partial charge in [0, 0.05) is 12.1 Å². The molecule has 4 heteroatoms. The summed E-state index contributed by atoms with van der Waals surface area (Å²) >= 11 is 0. The molecular formula is C26H43N3O. The normalized spacial score (nSPS) is 17.9. The number of rotatable bonds is 14. The van der Waals surface area contributed by atoms with E-state index in [2.05, 4.69) is 31.7 Å². The van der Waals surface area contributed by atoms with Crippen LogP contribution in [0.5, 0.6) is 5.75 Å². The van der Waals surface area contributed by atoms with Gasteiger partial charge >= 0.3 is 0 Å². The topological polar surface area (TPSA) is 62.3 Å². The zero-order chi connectivity index (χ0) is 21.8. The van der Waals surface area contributed by atoms with Crippen LogP contribution in [0.1, 0.15) is 97.0 Å². The van der Waals surface area contributed by atoms with Crippen molar-refractivity contribution in [2.24, 2.45) is 5.92 Å². The summed E-state index contributed by atoms with van der Waals surface area (Å²) in [4.78, 5) is 2.70. The van der Waals surface area contributed by atoms with Crippen molar-refractivity contribution in [3.05, 3.63) is 23.8 Å². The predicted octanol–water partition coefficient (Wildman–Crippen LogP) is 6.54. The molecule has 0 spiro atoms. The zero-order valence-corrected chi connectivity index (χ0v) is 19.5. The van der Waals surface area contributed by atoms with Crippen molar-refractivity contribution in [1.82, 2.24) is 4.90 Å². The highest BCUT2D eigenvalue weighted by atomic mass is 16.5. The van der Waals surface area contributed by atoms with Crippen LogP contribution in [0, 0.1) is 17.2 Å². The summed E-state index contributed by atoms with van der Waals surface area (Å²) in [7, 11) is 0. The van der Waals surface area contributed by atoms with E-state index in [4.69, 9.17) is 10.5 Å². The van der Waals surface area contributed by atoms with E-state index < -0.39 is 0 Å². The molecule has 1 unspecified atom stereocenters. The number of nitrogen functional groups attached to an aromatic ring is 1. The Kier molecular flexibility index (Phi) is 11.1. The molecule has 1 aromatic rings. The first-order valence-corrected chi connectivity index (χ1v) is 12.2. The van der Waals surface area contributed by atoms with Crippen molar-refractivity contribution in [1.29, 1.82) is 5.26 Å². The molecule has 0 amide bonds. The maximum absolute atomic E-state index is 9.40. The third-order valence-electron chi connectivity index (χ3n) is 6.38. The molecule has 2 rings (SSSR count). The predicted molar refractivity (Wildman–Crippen MR) is 127 cm³/mol. The number of nitrogens with zero attached hydrogens (tertiary/aromatic N) is 2. The Balaban J connectivity index is 1.89. The van der Waals surface area contributed by atoms with Crippen molar-refractivity contribution in [2.45, 2.75) is 103 Å². The Morgan fingerprint density at radius 1 is 1.17 bits per heavy atom. The largest absolute Gasteiger partial charge is 0.490 e. The fraction of sp³-hybridized carbons (Fsp3) is 0.731. The van der Waals surface area contributed by atoms with Gasteiger partial charge in [-0.05, 0) is 50.3 Å². The minimum Gasteiger partial charge on any atom is -0.490 e. The minimum atomic E-state index is 0.436. The van der Waals surface area contributed by atoms with Crippen LogP contribution in [0.2, 0.25) is 0 Å². The summed E-state index contributed by atoms with van der Waals surface area (Å²) in [5.74, 6) is 1.33. The average molecular weight is 414 g/mol. The van der Waals surface area contributed by atoms with Crippen LogP contribution >= 0.6 is 0 Å².